The summed E-state index contributed by atoms with van der Waals surface area (Å²) in [7, 11) is 0. The van der Waals surface area contributed by atoms with Gasteiger partial charge in [-0.05, 0) is 19.4 Å². The summed E-state index contributed by atoms with van der Waals surface area (Å²) in [6, 6.07) is 7.80. The first-order chi connectivity index (χ1) is 8.93. The molecule has 0 aliphatic carbocycles. The summed E-state index contributed by atoms with van der Waals surface area (Å²) in [5.74, 6) is -1.44. The van der Waals surface area contributed by atoms with Crippen molar-refractivity contribution in [1.29, 1.82) is 0 Å². The van der Waals surface area contributed by atoms with E-state index in [1.165, 1.54) is 0 Å². The highest BCUT2D eigenvalue weighted by molar-refractivity contribution is 5.79. The monoisotopic (exact) mass is 263 g/mol. The van der Waals surface area contributed by atoms with Crippen LogP contribution in [0.5, 0.6) is 0 Å². The summed E-state index contributed by atoms with van der Waals surface area (Å²) < 4.78 is 0. The first-order valence-electron chi connectivity index (χ1n) is 6.50. The molecule has 1 rings (SSSR count). The van der Waals surface area contributed by atoms with Crippen LogP contribution >= 0.6 is 0 Å². The summed E-state index contributed by atoms with van der Waals surface area (Å²) in [5.41, 5.74) is 2.08. The molecule has 19 heavy (non-hydrogen) atoms. The van der Waals surface area contributed by atoms with Crippen molar-refractivity contribution in [2.75, 3.05) is 13.1 Å². The molecule has 0 bridgehead atoms. The minimum Gasteiger partial charge on any atom is -0.481 e. The van der Waals surface area contributed by atoms with Gasteiger partial charge in [-0.3, -0.25) is 9.59 Å². The third-order valence-corrected chi connectivity index (χ3v) is 3.09. The standard InChI is InChI=1S/C15H21NO3/c1-4-16(10-12(3)15(18)19)14(17)9-13-7-5-6-11(2)8-13/h5-8,12H,4,9-10H2,1-3H3,(H,18,19). The Labute approximate surface area is 114 Å². The van der Waals surface area contributed by atoms with E-state index in [0.29, 0.717) is 13.0 Å². The molecular formula is C15H21NO3. The lowest BCUT2D eigenvalue weighted by molar-refractivity contribution is -0.142. The molecule has 1 unspecified atom stereocenters. The molecule has 0 radical (unpaired) electrons. The lowest BCUT2D eigenvalue weighted by Gasteiger charge is -2.23. The van der Waals surface area contributed by atoms with Gasteiger partial charge in [0.05, 0.1) is 12.3 Å². The molecule has 1 atom stereocenters. The number of likely N-dealkylation sites (N-methyl/N-ethyl adjacent to an activating group) is 1. The molecule has 0 saturated carbocycles. The summed E-state index contributed by atoms with van der Waals surface area (Å²) in [6.07, 6.45) is 0.321. The number of aliphatic carboxylic acids is 1. The van der Waals surface area contributed by atoms with Crippen molar-refractivity contribution < 1.29 is 14.7 Å². The number of hydrogen-bond donors (Lipinski definition) is 1. The van der Waals surface area contributed by atoms with Crippen LogP contribution in [0.2, 0.25) is 0 Å². The molecule has 0 aliphatic heterocycles. The van der Waals surface area contributed by atoms with Gasteiger partial charge in [-0.2, -0.15) is 0 Å². The van der Waals surface area contributed by atoms with Crippen LogP contribution < -0.4 is 0 Å². The van der Waals surface area contributed by atoms with Gasteiger partial charge < -0.3 is 10.0 Å². The van der Waals surface area contributed by atoms with Crippen molar-refractivity contribution in [2.45, 2.75) is 27.2 Å². The highest BCUT2D eigenvalue weighted by Crippen LogP contribution is 2.08. The average Bonchev–Trinajstić information content (AvgIpc) is 2.35. The number of benzene rings is 1. The van der Waals surface area contributed by atoms with Gasteiger partial charge in [0.2, 0.25) is 5.91 Å². The smallest absolute Gasteiger partial charge is 0.308 e. The van der Waals surface area contributed by atoms with Crippen LogP contribution in [0.1, 0.15) is 25.0 Å². The van der Waals surface area contributed by atoms with E-state index in [1.807, 2.05) is 38.1 Å². The van der Waals surface area contributed by atoms with Gasteiger partial charge in [0.25, 0.3) is 0 Å². The number of rotatable bonds is 6. The number of aryl methyl sites for hydroxylation is 1. The van der Waals surface area contributed by atoms with Crippen molar-refractivity contribution >= 4 is 11.9 Å². The summed E-state index contributed by atoms with van der Waals surface area (Å²) >= 11 is 0. The second-order valence-electron chi connectivity index (χ2n) is 4.84. The maximum Gasteiger partial charge on any atom is 0.308 e. The van der Waals surface area contributed by atoms with Crippen molar-refractivity contribution in [1.82, 2.24) is 4.90 Å². The van der Waals surface area contributed by atoms with Gasteiger partial charge >= 0.3 is 5.97 Å². The fourth-order valence-electron chi connectivity index (χ4n) is 1.92. The zero-order chi connectivity index (χ0) is 14.4. The van der Waals surface area contributed by atoms with E-state index >= 15 is 0 Å². The molecule has 1 aromatic rings. The van der Waals surface area contributed by atoms with E-state index in [-0.39, 0.29) is 12.5 Å². The van der Waals surface area contributed by atoms with E-state index in [9.17, 15) is 9.59 Å². The Morgan fingerprint density at radius 3 is 2.58 bits per heavy atom. The number of amides is 1. The molecule has 1 amide bonds. The minimum absolute atomic E-state index is 0.0267. The van der Waals surface area contributed by atoms with Crippen LogP contribution in [0.3, 0.4) is 0 Å². The normalized spacial score (nSPS) is 11.9. The molecule has 4 heteroatoms. The lowest BCUT2D eigenvalue weighted by atomic mass is 10.1. The zero-order valence-corrected chi connectivity index (χ0v) is 11.7. The molecule has 0 fully saturated rings. The van der Waals surface area contributed by atoms with Crippen LogP contribution in [0.15, 0.2) is 24.3 Å². The molecule has 0 spiro atoms. The van der Waals surface area contributed by atoms with Crippen LogP contribution in [-0.2, 0) is 16.0 Å². The van der Waals surface area contributed by atoms with Crippen LogP contribution in [0.25, 0.3) is 0 Å². The number of carboxylic acids is 1. The Morgan fingerprint density at radius 2 is 2.05 bits per heavy atom. The van der Waals surface area contributed by atoms with E-state index in [2.05, 4.69) is 0 Å². The number of carbonyl (C=O) groups is 2. The van der Waals surface area contributed by atoms with Gasteiger partial charge in [0.1, 0.15) is 0 Å². The number of carboxylic acid groups (broad SMARTS) is 1. The van der Waals surface area contributed by atoms with E-state index in [0.717, 1.165) is 11.1 Å². The van der Waals surface area contributed by atoms with E-state index in [4.69, 9.17) is 5.11 Å². The maximum absolute atomic E-state index is 12.1. The van der Waals surface area contributed by atoms with Crippen molar-refractivity contribution in [2.24, 2.45) is 5.92 Å². The van der Waals surface area contributed by atoms with Crippen molar-refractivity contribution in [3.05, 3.63) is 35.4 Å². The summed E-state index contributed by atoms with van der Waals surface area (Å²) in [4.78, 5) is 24.6. The molecule has 1 N–H and O–H groups in total. The van der Waals surface area contributed by atoms with Gasteiger partial charge in [0.15, 0.2) is 0 Å². The van der Waals surface area contributed by atoms with Gasteiger partial charge in [0, 0.05) is 13.1 Å². The number of nitrogens with zero attached hydrogens (tertiary/aromatic N) is 1. The quantitative estimate of drug-likeness (QED) is 0.855. The lowest BCUT2D eigenvalue weighted by Crippen LogP contribution is -2.37. The predicted molar refractivity (Wildman–Crippen MR) is 73.9 cm³/mol. The summed E-state index contributed by atoms with van der Waals surface area (Å²) in [5, 5.41) is 8.90. The van der Waals surface area contributed by atoms with Gasteiger partial charge in [-0.25, -0.2) is 0 Å². The van der Waals surface area contributed by atoms with E-state index in [1.54, 1.807) is 11.8 Å². The molecule has 1 aromatic carbocycles. The molecular weight excluding hydrogens is 242 g/mol. The van der Waals surface area contributed by atoms with Crippen molar-refractivity contribution in [3.63, 3.8) is 0 Å². The summed E-state index contributed by atoms with van der Waals surface area (Å²) in [6.45, 7) is 6.25. The predicted octanol–water partition coefficient (Wildman–Crippen LogP) is 2.11. The Morgan fingerprint density at radius 1 is 1.37 bits per heavy atom. The SMILES string of the molecule is CCN(CC(C)C(=O)O)C(=O)Cc1cccc(C)c1. The molecule has 104 valence electrons. The van der Waals surface area contributed by atoms with Gasteiger partial charge in [-0.1, -0.05) is 36.8 Å². The van der Waals surface area contributed by atoms with Crippen molar-refractivity contribution in [3.8, 4) is 0 Å². The molecule has 0 aliphatic rings. The Hall–Kier alpha value is -1.84. The molecule has 4 nitrogen and oxygen atoms in total. The highest BCUT2D eigenvalue weighted by atomic mass is 16.4. The highest BCUT2D eigenvalue weighted by Gasteiger charge is 2.19. The molecule has 0 aromatic heterocycles. The maximum atomic E-state index is 12.1. The topological polar surface area (TPSA) is 57.6 Å². The second kappa shape index (κ2) is 6.92. The number of hydrogen-bond acceptors (Lipinski definition) is 2. The molecule has 0 saturated heterocycles. The number of carbonyl (C=O) groups excluding carboxylic acids is 1. The fourth-order valence-corrected chi connectivity index (χ4v) is 1.92. The minimum atomic E-state index is -0.873. The fraction of sp³-hybridized carbons (Fsp3) is 0.467. The zero-order valence-electron chi connectivity index (χ0n) is 11.7. The average molecular weight is 263 g/mol. The second-order valence-corrected chi connectivity index (χ2v) is 4.84. The van der Waals surface area contributed by atoms with Crippen LogP contribution in [0.4, 0.5) is 0 Å². The third kappa shape index (κ3) is 4.73. The molecule has 0 heterocycles. The first kappa shape index (κ1) is 15.2. The Bertz CT molecular complexity index is 456. The van der Waals surface area contributed by atoms with E-state index < -0.39 is 11.9 Å². The van der Waals surface area contributed by atoms with Gasteiger partial charge in [-0.15, -0.1) is 0 Å². The third-order valence-electron chi connectivity index (χ3n) is 3.09. The Balaban J connectivity index is 2.66. The first-order valence-corrected chi connectivity index (χ1v) is 6.50. The van der Waals surface area contributed by atoms with Crippen LogP contribution in [0, 0.1) is 12.8 Å². The van der Waals surface area contributed by atoms with Crippen LogP contribution in [-0.4, -0.2) is 35.0 Å². The Kier molecular flexibility index (Phi) is 5.55. The largest absolute Gasteiger partial charge is 0.481 e.